The van der Waals surface area contributed by atoms with Gasteiger partial charge in [0.25, 0.3) is 0 Å². The molecule has 2 fully saturated rings. The molecular weight excluding hydrogens is 286 g/mol. The zero-order valence-corrected chi connectivity index (χ0v) is 11.8. The molecule has 0 saturated carbocycles. The number of aromatic nitrogens is 1. The summed E-state index contributed by atoms with van der Waals surface area (Å²) >= 11 is 2.77. The average Bonchev–Trinajstić information content (AvgIpc) is 2.83. The molecule has 3 heterocycles. The van der Waals surface area contributed by atoms with E-state index >= 15 is 0 Å². The van der Waals surface area contributed by atoms with Crippen LogP contribution < -0.4 is 5.73 Å². The second-order valence-corrected chi connectivity index (χ2v) is 6.84. The number of carbonyl (C=O) groups excluding carboxylic acids is 1. The fourth-order valence-electron chi connectivity index (χ4n) is 2.40. The summed E-state index contributed by atoms with van der Waals surface area (Å²) in [7, 11) is 0. The van der Waals surface area contributed by atoms with Gasteiger partial charge in [-0.2, -0.15) is 0 Å². The van der Waals surface area contributed by atoms with Crippen molar-refractivity contribution >= 4 is 35.0 Å². The van der Waals surface area contributed by atoms with Crippen molar-refractivity contribution in [3.63, 3.8) is 0 Å². The molecule has 2 saturated heterocycles. The largest absolute Gasteiger partial charge is 0.480 e. The molecule has 19 heavy (non-hydrogen) atoms. The lowest BCUT2D eigenvalue weighted by molar-refractivity contribution is -0.151. The minimum atomic E-state index is -1.10. The summed E-state index contributed by atoms with van der Waals surface area (Å²) in [5, 5.41) is 11.9. The van der Waals surface area contributed by atoms with Crippen LogP contribution in [0.1, 0.15) is 10.7 Å². The molecule has 1 aromatic heterocycles. The molecule has 3 rings (SSSR count). The Morgan fingerprint density at radius 1 is 1.68 bits per heavy atom. The van der Waals surface area contributed by atoms with Crippen LogP contribution in [0.2, 0.25) is 0 Å². The third kappa shape index (κ3) is 1.70. The van der Waals surface area contributed by atoms with E-state index in [0.717, 1.165) is 5.69 Å². The number of carboxylic acid groups (broad SMARTS) is 1. The first-order valence-corrected chi connectivity index (χ1v) is 7.72. The van der Waals surface area contributed by atoms with Crippen molar-refractivity contribution in [2.24, 2.45) is 5.73 Å². The molecule has 102 valence electrons. The van der Waals surface area contributed by atoms with Crippen LogP contribution in [0.15, 0.2) is 5.38 Å². The minimum Gasteiger partial charge on any atom is -0.480 e. The summed E-state index contributed by atoms with van der Waals surface area (Å²) in [6.45, 7) is 2.00. The van der Waals surface area contributed by atoms with E-state index in [-0.39, 0.29) is 17.8 Å². The number of nitrogens with zero attached hydrogens (tertiary/aromatic N) is 2. The van der Waals surface area contributed by atoms with Gasteiger partial charge in [-0.3, -0.25) is 9.59 Å². The summed E-state index contributed by atoms with van der Waals surface area (Å²) in [6.07, 6.45) is 0. The summed E-state index contributed by atoms with van der Waals surface area (Å²) in [5.41, 5.74) is 5.42. The van der Waals surface area contributed by atoms with Gasteiger partial charge in [-0.15, -0.1) is 23.1 Å². The minimum absolute atomic E-state index is 0.0824. The van der Waals surface area contributed by atoms with Gasteiger partial charge in [0.2, 0.25) is 5.91 Å². The smallest absolute Gasteiger partial charge is 0.319 e. The number of hydrogen-bond acceptors (Lipinski definition) is 6. The van der Waals surface area contributed by atoms with Gasteiger partial charge in [-0.25, -0.2) is 4.98 Å². The number of carboxylic acids is 1. The molecule has 0 aromatic carbocycles. The average molecular weight is 299 g/mol. The van der Waals surface area contributed by atoms with Gasteiger partial charge in [0.1, 0.15) is 21.8 Å². The number of hydrogen-bond donors (Lipinski definition) is 2. The van der Waals surface area contributed by atoms with Crippen LogP contribution in [0.4, 0.5) is 0 Å². The normalized spacial score (nSPS) is 33.8. The van der Waals surface area contributed by atoms with E-state index in [9.17, 15) is 14.7 Å². The molecule has 3 N–H and O–H groups in total. The molecule has 0 radical (unpaired) electrons. The van der Waals surface area contributed by atoms with Crippen LogP contribution in [-0.4, -0.2) is 50.6 Å². The van der Waals surface area contributed by atoms with Crippen molar-refractivity contribution in [1.82, 2.24) is 9.88 Å². The number of amides is 1. The van der Waals surface area contributed by atoms with E-state index in [2.05, 4.69) is 4.98 Å². The van der Waals surface area contributed by atoms with Crippen molar-refractivity contribution in [1.29, 1.82) is 0 Å². The van der Waals surface area contributed by atoms with E-state index < -0.39 is 17.4 Å². The first-order chi connectivity index (χ1) is 8.95. The Labute approximate surface area is 118 Å². The maximum atomic E-state index is 11.7. The van der Waals surface area contributed by atoms with Crippen molar-refractivity contribution in [2.75, 3.05) is 12.3 Å². The molecule has 1 amide bonds. The van der Waals surface area contributed by atoms with Crippen molar-refractivity contribution in [3.05, 3.63) is 16.1 Å². The van der Waals surface area contributed by atoms with Crippen molar-refractivity contribution in [3.8, 4) is 0 Å². The third-order valence-corrected chi connectivity index (χ3v) is 6.27. The Bertz CT molecular complexity index is 561. The lowest BCUT2D eigenvalue weighted by Crippen LogP contribution is -2.72. The van der Waals surface area contributed by atoms with Gasteiger partial charge in [0.05, 0.1) is 0 Å². The van der Waals surface area contributed by atoms with E-state index in [1.807, 2.05) is 12.3 Å². The summed E-state index contributed by atoms with van der Waals surface area (Å²) in [5.74, 6) is -0.700. The summed E-state index contributed by atoms with van der Waals surface area (Å²) < 4.78 is 0. The molecule has 0 spiro atoms. The monoisotopic (exact) mass is 299 g/mol. The number of thioether (sulfide) groups is 1. The quantitative estimate of drug-likeness (QED) is 0.747. The van der Waals surface area contributed by atoms with Crippen molar-refractivity contribution in [2.45, 2.75) is 23.8 Å². The second-order valence-electron chi connectivity index (χ2n) is 4.87. The highest BCUT2D eigenvalue weighted by atomic mass is 32.2. The maximum absolute atomic E-state index is 11.7. The van der Waals surface area contributed by atoms with Crippen LogP contribution in [0, 0.1) is 6.92 Å². The fourth-order valence-corrected chi connectivity index (χ4v) is 4.96. The lowest BCUT2D eigenvalue weighted by Gasteiger charge is -2.52. The molecule has 2 aliphatic heterocycles. The first kappa shape index (κ1) is 12.9. The van der Waals surface area contributed by atoms with E-state index in [4.69, 9.17) is 5.73 Å². The van der Waals surface area contributed by atoms with Gasteiger partial charge in [0.15, 0.2) is 0 Å². The Kier molecular flexibility index (Phi) is 2.84. The standard InChI is InChI=1S/C11H13N3O3S2/c1-5-2-18-9(13-5)11(10(16)17)3-14-7(15)6(12)8(14)19-4-11/h2,6,8H,3-4,12H2,1H3,(H,16,17)/t6?,8-,11?/m1/s1. The SMILES string of the molecule is Cc1csc(C2(C(=O)O)CS[C@@H]3C(N)C(=O)N3C2)n1. The molecule has 2 unspecified atom stereocenters. The molecule has 0 aliphatic carbocycles. The Hall–Kier alpha value is -1.12. The molecule has 3 atom stereocenters. The molecular formula is C11H13N3O3S2. The molecule has 8 heteroatoms. The predicted octanol–water partition coefficient (Wildman–Crippen LogP) is 0.0163. The number of thiazole rings is 1. The summed E-state index contributed by atoms with van der Waals surface area (Å²) in [4.78, 5) is 29.3. The van der Waals surface area contributed by atoms with Gasteiger partial charge in [-0.1, -0.05) is 0 Å². The lowest BCUT2D eigenvalue weighted by atomic mass is 9.88. The zero-order valence-electron chi connectivity index (χ0n) is 10.2. The topological polar surface area (TPSA) is 96.5 Å². The molecule has 2 aliphatic rings. The predicted molar refractivity (Wildman–Crippen MR) is 72.1 cm³/mol. The van der Waals surface area contributed by atoms with Crippen LogP contribution in [0.3, 0.4) is 0 Å². The van der Waals surface area contributed by atoms with Crippen LogP contribution in [-0.2, 0) is 15.0 Å². The number of aliphatic carboxylic acids is 1. The number of fused-ring (bicyclic) bond motifs is 1. The number of β-lactam (4-membered cyclic amide) rings is 1. The third-order valence-electron chi connectivity index (χ3n) is 3.56. The fraction of sp³-hybridized carbons (Fsp3) is 0.545. The second kappa shape index (κ2) is 4.19. The van der Waals surface area contributed by atoms with Gasteiger partial charge >= 0.3 is 5.97 Å². The summed E-state index contributed by atoms with van der Waals surface area (Å²) in [6, 6.07) is -0.491. The number of nitrogens with two attached hydrogens (primary N) is 1. The van der Waals surface area contributed by atoms with Gasteiger partial charge < -0.3 is 15.7 Å². The zero-order chi connectivity index (χ0) is 13.8. The van der Waals surface area contributed by atoms with Crippen LogP contribution in [0.5, 0.6) is 0 Å². The number of aryl methyl sites for hydroxylation is 1. The molecule has 0 bridgehead atoms. The van der Waals surface area contributed by atoms with Crippen LogP contribution >= 0.6 is 23.1 Å². The Morgan fingerprint density at radius 2 is 2.42 bits per heavy atom. The Balaban J connectivity index is 1.95. The van der Waals surface area contributed by atoms with E-state index in [1.165, 1.54) is 23.1 Å². The van der Waals surface area contributed by atoms with Crippen LogP contribution in [0.25, 0.3) is 0 Å². The highest BCUT2D eigenvalue weighted by Crippen LogP contribution is 2.43. The number of rotatable bonds is 2. The van der Waals surface area contributed by atoms with Gasteiger partial charge in [-0.05, 0) is 6.92 Å². The van der Waals surface area contributed by atoms with E-state index in [0.29, 0.717) is 10.8 Å². The molecule has 6 nitrogen and oxygen atoms in total. The van der Waals surface area contributed by atoms with E-state index in [1.54, 1.807) is 4.90 Å². The first-order valence-electron chi connectivity index (χ1n) is 5.79. The van der Waals surface area contributed by atoms with Gasteiger partial charge in [0, 0.05) is 23.4 Å². The number of carbonyl (C=O) groups is 2. The molecule has 1 aromatic rings. The highest BCUT2D eigenvalue weighted by Gasteiger charge is 2.57. The maximum Gasteiger partial charge on any atom is 0.319 e. The Morgan fingerprint density at radius 3 is 3.00 bits per heavy atom. The van der Waals surface area contributed by atoms with Crippen molar-refractivity contribution < 1.29 is 14.7 Å². The highest BCUT2D eigenvalue weighted by molar-refractivity contribution is 8.00.